The number of unbranched alkanes of at least 4 members (excludes halogenated alkanes) is 6. The van der Waals surface area contributed by atoms with Gasteiger partial charge in [-0.05, 0) is 23.2 Å². The van der Waals surface area contributed by atoms with Crippen molar-refractivity contribution in [2.75, 3.05) is 0 Å². The normalized spacial score (nSPS) is 12.4. The lowest BCUT2D eigenvalue weighted by Gasteiger charge is -2.24. The van der Waals surface area contributed by atoms with Crippen LogP contribution in [0.1, 0.15) is 78.1 Å². The molecule has 0 heterocycles. The third-order valence-electron chi connectivity index (χ3n) is 5.12. The Bertz CT molecular complexity index is 544. The topological polar surface area (TPSA) is 9.23 Å². The van der Waals surface area contributed by atoms with E-state index in [1.165, 1.54) is 74.6 Å². The van der Waals surface area contributed by atoms with Gasteiger partial charge in [-0.3, -0.25) is 0 Å². The van der Waals surface area contributed by atoms with Crippen LogP contribution in [0.15, 0.2) is 60.7 Å². The Kier molecular flexibility index (Phi) is 11.1. The Balaban J connectivity index is 2.01. The van der Waals surface area contributed by atoms with Crippen molar-refractivity contribution < 1.29 is 4.43 Å². The van der Waals surface area contributed by atoms with Crippen molar-refractivity contribution in [1.29, 1.82) is 0 Å². The molecule has 0 bridgehead atoms. The van der Waals surface area contributed by atoms with E-state index in [0.29, 0.717) is 6.10 Å². The van der Waals surface area contributed by atoms with E-state index in [-0.39, 0.29) is 0 Å². The first kappa shape index (κ1) is 21.9. The smallest absolute Gasteiger partial charge is 0.283 e. The molecule has 27 heavy (non-hydrogen) atoms. The minimum absolute atomic E-state index is 0.394. The van der Waals surface area contributed by atoms with Crippen LogP contribution in [-0.2, 0) is 4.43 Å². The van der Waals surface area contributed by atoms with Gasteiger partial charge in [-0.2, -0.15) is 0 Å². The summed E-state index contributed by atoms with van der Waals surface area (Å²) in [6.07, 6.45) is 13.4. The van der Waals surface area contributed by atoms with Crippen LogP contribution >= 0.6 is 0 Å². The van der Waals surface area contributed by atoms with Crippen LogP contribution in [0.25, 0.3) is 0 Å². The van der Waals surface area contributed by atoms with Gasteiger partial charge >= 0.3 is 0 Å². The van der Waals surface area contributed by atoms with Crippen LogP contribution in [0.5, 0.6) is 0 Å². The van der Waals surface area contributed by atoms with Gasteiger partial charge in [0.05, 0.1) is 0 Å². The molecule has 2 heteroatoms. The monoisotopic (exact) mass is 381 g/mol. The van der Waals surface area contributed by atoms with Gasteiger partial charge in [0.25, 0.3) is 9.04 Å². The van der Waals surface area contributed by atoms with Crippen molar-refractivity contribution >= 4 is 19.4 Å². The molecule has 0 saturated heterocycles. The molecule has 0 fully saturated rings. The van der Waals surface area contributed by atoms with Crippen LogP contribution in [0.4, 0.5) is 0 Å². The Morgan fingerprint density at radius 2 is 1.11 bits per heavy atom. The molecule has 0 aliphatic carbocycles. The zero-order valence-electron chi connectivity index (χ0n) is 17.3. The summed E-state index contributed by atoms with van der Waals surface area (Å²) in [6.45, 7) is 4.56. The van der Waals surface area contributed by atoms with Crippen LogP contribution in [0.3, 0.4) is 0 Å². The summed E-state index contributed by atoms with van der Waals surface area (Å²) in [5.41, 5.74) is 0. The second kappa shape index (κ2) is 13.7. The van der Waals surface area contributed by atoms with Crippen molar-refractivity contribution in [2.24, 2.45) is 0 Å². The van der Waals surface area contributed by atoms with E-state index in [1.807, 2.05) is 0 Å². The summed E-state index contributed by atoms with van der Waals surface area (Å²) in [5.74, 6) is 0. The van der Waals surface area contributed by atoms with Gasteiger partial charge in [-0.25, -0.2) is 0 Å². The third kappa shape index (κ3) is 8.44. The number of rotatable bonds is 14. The molecule has 147 valence electrons. The SMILES string of the molecule is CCCCCCCCC(CCCC)O[Si](c1ccccc1)c1ccccc1. The lowest BCUT2D eigenvalue weighted by Crippen LogP contribution is -2.47. The van der Waals surface area contributed by atoms with E-state index in [1.54, 1.807) is 0 Å². The number of hydrogen-bond donors (Lipinski definition) is 0. The number of benzene rings is 2. The van der Waals surface area contributed by atoms with Crippen LogP contribution in [0.2, 0.25) is 0 Å². The average Bonchev–Trinajstić information content (AvgIpc) is 2.73. The zero-order valence-corrected chi connectivity index (χ0v) is 18.3. The molecule has 1 radical (unpaired) electrons. The molecule has 0 N–H and O–H groups in total. The van der Waals surface area contributed by atoms with Gasteiger partial charge in [-0.1, -0.05) is 126 Å². The first-order valence-corrected chi connectivity index (χ1v) is 12.4. The van der Waals surface area contributed by atoms with E-state index < -0.39 is 9.04 Å². The molecule has 2 aromatic rings. The minimum Gasteiger partial charge on any atom is -0.404 e. The fourth-order valence-corrected chi connectivity index (χ4v) is 5.66. The highest BCUT2D eigenvalue weighted by molar-refractivity contribution is 6.80. The predicted molar refractivity (Wildman–Crippen MR) is 120 cm³/mol. The molecule has 1 unspecified atom stereocenters. The molecule has 0 aliphatic heterocycles. The summed E-state index contributed by atoms with van der Waals surface area (Å²) in [4.78, 5) is 0. The highest BCUT2D eigenvalue weighted by atomic mass is 28.3. The van der Waals surface area contributed by atoms with Gasteiger partial charge in [-0.15, -0.1) is 0 Å². The van der Waals surface area contributed by atoms with E-state index in [2.05, 4.69) is 74.5 Å². The summed E-state index contributed by atoms with van der Waals surface area (Å²) in [7, 11) is -1.18. The van der Waals surface area contributed by atoms with E-state index in [0.717, 1.165) is 0 Å². The molecule has 0 amide bonds. The molecular formula is C25H37OSi. The molecule has 0 aromatic heterocycles. The quantitative estimate of drug-likeness (QED) is 0.283. The van der Waals surface area contributed by atoms with E-state index >= 15 is 0 Å². The Morgan fingerprint density at radius 1 is 0.630 bits per heavy atom. The largest absolute Gasteiger partial charge is 0.404 e. The van der Waals surface area contributed by atoms with Gasteiger partial charge in [0, 0.05) is 6.10 Å². The van der Waals surface area contributed by atoms with Gasteiger partial charge in [0.1, 0.15) is 0 Å². The lowest BCUT2D eigenvalue weighted by atomic mass is 10.0. The summed E-state index contributed by atoms with van der Waals surface area (Å²) in [5, 5.41) is 2.72. The van der Waals surface area contributed by atoms with Crippen molar-refractivity contribution in [3.8, 4) is 0 Å². The maximum Gasteiger partial charge on any atom is 0.283 e. The maximum atomic E-state index is 6.85. The Morgan fingerprint density at radius 3 is 1.67 bits per heavy atom. The fourth-order valence-electron chi connectivity index (χ4n) is 3.49. The Hall–Kier alpha value is -1.38. The molecule has 2 rings (SSSR count). The predicted octanol–water partition coefficient (Wildman–Crippen LogP) is 6.12. The summed E-state index contributed by atoms with van der Waals surface area (Å²) in [6, 6.07) is 21.7. The van der Waals surface area contributed by atoms with Crippen molar-refractivity contribution in [2.45, 2.75) is 84.2 Å². The van der Waals surface area contributed by atoms with E-state index in [9.17, 15) is 0 Å². The van der Waals surface area contributed by atoms with Gasteiger partial charge in [0.2, 0.25) is 0 Å². The lowest BCUT2D eigenvalue weighted by molar-refractivity contribution is 0.180. The standard InChI is InChI=1S/C25H37OSi/c1-3-5-7-8-9-12-18-23(17-6-4-2)26-27(24-19-13-10-14-20-24)25-21-15-11-16-22-25/h10-11,13-16,19-23H,3-9,12,17-18H2,1-2H3. The highest BCUT2D eigenvalue weighted by Gasteiger charge is 2.23. The highest BCUT2D eigenvalue weighted by Crippen LogP contribution is 2.16. The van der Waals surface area contributed by atoms with Gasteiger partial charge < -0.3 is 4.43 Å². The molecule has 1 atom stereocenters. The molecular weight excluding hydrogens is 344 g/mol. The van der Waals surface area contributed by atoms with Gasteiger partial charge in [0.15, 0.2) is 0 Å². The summed E-state index contributed by atoms with van der Waals surface area (Å²) < 4.78 is 6.85. The van der Waals surface area contributed by atoms with Crippen LogP contribution in [0, 0.1) is 0 Å². The second-order valence-electron chi connectivity index (χ2n) is 7.50. The zero-order chi connectivity index (χ0) is 19.2. The van der Waals surface area contributed by atoms with Crippen LogP contribution < -0.4 is 10.4 Å². The van der Waals surface area contributed by atoms with Crippen molar-refractivity contribution in [3.63, 3.8) is 0 Å². The maximum absolute atomic E-state index is 6.85. The first-order valence-electron chi connectivity index (χ1n) is 11.0. The Labute approximate surface area is 168 Å². The average molecular weight is 382 g/mol. The second-order valence-corrected chi connectivity index (χ2v) is 9.55. The van der Waals surface area contributed by atoms with E-state index in [4.69, 9.17) is 4.43 Å². The summed E-state index contributed by atoms with van der Waals surface area (Å²) >= 11 is 0. The fraction of sp³-hybridized carbons (Fsp3) is 0.520. The van der Waals surface area contributed by atoms with Crippen molar-refractivity contribution in [3.05, 3.63) is 60.7 Å². The third-order valence-corrected chi connectivity index (χ3v) is 7.40. The first-order chi connectivity index (χ1) is 13.3. The molecule has 0 spiro atoms. The number of hydrogen-bond acceptors (Lipinski definition) is 1. The molecule has 0 aliphatic rings. The molecule has 0 saturated carbocycles. The molecule has 2 aromatic carbocycles. The molecule has 1 nitrogen and oxygen atoms in total. The van der Waals surface area contributed by atoms with Crippen LogP contribution in [-0.4, -0.2) is 15.1 Å². The minimum atomic E-state index is -1.18. The van der Waals surface area contributed by atoms with Crippen molar-refractivity contribution in [1.82, 2.24) is 0 Å².